The Morgan fingerprint density at radius 2 is 1.80 bits per heavy atom. The van der Waals surface area contributed by atoms with E-state index in [2.05, 4.69) is 32.1 Å². The van der Waals surface area contributed by atoms with Gasteiger partial charge in [-0.25, -0.2) is 32.1 Å². The third-order valence-corrected chi connectivity index (χ3v) is 10.3. The second kappa shape index (κ2) is 12.8. The minimum Gasteiger partial charge on any atom is -0.494 e. The Morgan fingerprint density at radius 1 is 1.04 bits per heavy atom. The molecule has 12 nitrogen and oxygen atoms in total. The van der Waals surface area contributed by atoms with Gasteiger partial charge >= 0.3 is 0 Å². The van der Waals surface area contributed by atoms with Crippen LogP contribution < -0.4 is 25.3 Å². The molecule has 3 saturated heterocycles. The summed E-state index contributed by atoms with van der Waals surface area (Å²) in [5.41, 5.74) is 4.43. The highest BCUT2D eigenvalue weighted by Gasteiger charge is 2.54. The zero-order valence-corrected chi connectivity index (χ0v) is 27.9. The predicted octanol–water partition coefficient (Wildman–Crippen LogP) is 5.12. The number of carbonyl (C=O) groups is 1. The first-order valence-electron chi connectivity index (χ1n) is 15.8. The fourth-order valence-corrected chi connectivity index (χ4v) is 7.73. The van der Waals surface area contributed by atoms with E-state index in [4.69, 9.17) is 9.57 Å². The number of benzene rings is 3. The summed E-state index contributed by atoms with van der Waals surface area (Å²) in [5, 5.41) is 7.97. The fraction of sp³-hybridized carbons (Fsp3) is 0.286. The molecule has 4 heterocycles. The maximum atomic E-state index is 13.9. The van der Waals surface area contributed by atoms with E-state index in [1.807, 2.05) is 36.4 Å². The van der Waals surface area contributed by atoms with Crippen LogP contribution in [0.3, 0.4) is 0 Å². The summed E-state index contributed by atoms with van der Waals surface area (Å²) in [6.45, 7) is 6.32. The molecule has 3 aliphatic heterocycles. The highest BCUT2D eigenvalue weighted by molar-refractivity contribution is 7.88. The number of ether oxygens (including phenoxy) is 1. The number of anilines is 5. The maximum absolute atomic E-state index is 13.9. The van der Waals surface area contributed by atoms with E-state index in [0.29, 0.717) is 61.5 Å². The van der Waals surface area contributed by atoms with Crippen molar-refractivity contribution in [3.8, 4) is 16.9 Å². The summed E-state index contributed by atoms with van der Waals surface area (Å²) >= 11 is 0. The number of hydroxylamine groups is 1. The number of aromatic nitrogens is 2. The lowest BCUT2D eigenvalue weighted by molar-refractivity contribution is -0.111. The van der Waals surface area contributed by atoms with Crippen LogP contribution in [-0.2, 0) is 19.7 Å². The SMILES string of the molecule is C=CC(=O)Nc1cc(Nc2cc(N3OCCC3c3cccc(-c4cccc(F)c4)c3)ncn2)c(OC)cc1N1CC2(C1)CN(S(C)(=O)=O)C2. The lowest BCUT2D eigenvalue weighted by atomic mass is 9.74. The number of methoxy groups -OCH3 is 1. The molecule has 1 atom stereocenters. The molecule has 0 saturated carbocycles. The van der Waals surface area contributed by atoms with E-state index < -0.39 is 10.0 Å². The lowest BCUT2D eigenvalue weighted by Crippen LogP contribution is -2.73. The van der Waals surface area contributed by atoms with Gasteiger partial charge in [0.25, 0.3) is 0 Å². The summed E-state index contributed by atoms with van der Waals surface area (Å²) in [5.74, 6) is 0.868. The topological polar surface area (TPSA) is 129 Å². The average molecular weight is 686 g/mol. The van der Waals surface area contributed by atoms with Crippen LogP contribution >= 0.6 is 0 Å². The summed E-state index contributed by atoms with van der Waals surface area (Å²) in [6, 6.07) is 19.7. The summed E-state index contributed by atoms with van der Waals surface area (Å²) < 4.78 is 45.0. The molecule has 1 spiro atoms. The van der Waals surface area contributed by atoms with Crippen molar-refractivity contribution in [2.75, 3.05) is 66.7 Å². The molecule has 0 radical (unpaired) electrons. The standard InChI is InChI=1S/C35H36FN7O5S/c1-4-34(44)40-27-15-28(31(47-2)16-30(27)41-18-35(19-41)20-42(21-35)49(3,45)46)39-32-17-33(38-22-37-32)43-29(11-12-48-43)25-9-5-7-23(13-25)24-8-6-10-26(36)14-24/h4-10,13-17,22,29H,1,11-12,18-21H2,2-3H3,(H,40,44)(H,37,38,39). The number of hydrogen-bond acceptors (Lipinski definition) is 10. The highest BCUT2D eigenvalue weighted by Crippen LogP contribution is 2.47. The molecule has 0 bridgehead atoms. The minimum absolute atomic E-state index is 0.111. The van der Waals surface area contributed by atoms with Crippen LogP contribution in [0.5, 0.6) is 5.75 Å². The molecular formula is C35H36FN7O5S. The number of nitrogens with zero attached hydrogens (tertiary/aromatic N) is 5. The summed E-state index contributed by atoms with van der Waals surface area (Å²) in [6.07, 6.45) is 4.59. The first kappa shape index (κ1) is 32.5. The van der Waals surface area contributed by atoms with Crippen molar-refractivity contribution in [1.82, 2.24) is 14.3 Å². The zero-order chi connectivity index (χ0) is 34.3. The van der Waals surface area contributed by atoms with Crippen LogP contribution in [0.15, 0.2) is 85.7 Å². The predicted molar refractivity (Wildman–Crippen MR) is 186 cm³/mol. The first-order valence-corrected chi connectivity index (χ1v) is 17.6. The van der Waals surface area contributed by atoms with Gasteiger partial charge in [0.05, 0.1) is 43.1 Å². The van der Waals surface area contributed by atoms with E-state index >= 15 is 0 Å². The van der Waals surface area contributed by atoms with Crippen molar-refractivity contribution < 1.29 is 27.2 Å². The number of hydrogen-bond donors (Lipinski definition) is 2. The van der Waals surface area contributed by atoms with Crippen molar-refractivity contribution in [3.05, 3.63) is 97.1 Å². The summed E-state index contributed by atoms with van der Waals surface area (Å²) in [4.78, 5) is 29.5. The van der Waals surface area contributed by atoms with Crippen LogP contribution in [0.1, 0.15) is 18.0 Å². The third kappa shape index (κ3) is 6.54. The zero-order valence-electron chi connectivity index (χ0n) is 27.1. The average Bonchev–Trinajstić information content (AvgIpc) is 3.54. The van der Waals surface area contributed by atoms with Crippen molar-refractivity contribution in [3.63, 3.8) is 0 Å². The number of sulfonamides is 1. The Balaban J connectivity index is 1.12. The van der Waals surface area contributed by atoms with Crippen LogP contribution in [0.2, 0.25) is 0 Å². The van der Waals surface area contributed by atoms with E-state index in [1.165, 1.54) is 35.1 Å². The molecule has 14 heteroatoms. The molecule has 1 unspecified atom stereocenters. The lowest BCUT2D eigenvalue weighted by Gasteiger charge is -2.60. The quantitative estimate of drug-likeness (QED) is 0.217. The molecule has 2 N–H and O–H groups in total. The van der Waals surface area contributed by atoms with Gasteiger partial charge in [-0.15, -0.1) is 0 Å². The van der Waals surface area contributed by atoms with Crippen LogP contribution in [0, 0.1) is 11.2 Å². The molecule has 254 valence electrons. The molecule has 3 aromatic carbocycles. The van der Waals surface area contributed by atoms with Gasteiger partial charge in [-0.2, -0.15) is 0 Å². The molecular weight excluding hydrogens is 649 g/mol. The highest BCUT2D eigenvalue weighted by atomic mass is 32.2. The molecule has 3 aliphatic rings. The van der Waals surface area contributed by atoms with Gasteiger partial charge < -0.3 is 20.3 Å². The van der Waals surface area contributed by atoms with Crippen molar-refractivity contribution >= 4 is 44.6 Å². The van der Waals surface area contributed by atoms with Crippen LogP contribution in [0.4, 0.5) is 33.1 Å². The summed E-state index contributed by atoms with van der Waals surface area (Å²) in [7, 11) is -1.66. The van der Waals surface area contributed by atoms with E-state index in [1.54, 1.807) is 30.4 Å². The fourth-order valence-electron chi connectivity index (χ4n) is 6.72. The van der Waals surface area contributed by atoms with Crippen LogP contribution in [-0.4, -0.2) is 74.7 Å². The number of amides is 1. The molecule has 4 aromatic rings. The Kier molecular flexibility index (Phi) is 8.47. The van der Waals surface area contributed by atoms with Gasteiger partial charge in [0.2, 0.25) is 15.9 Å². The number of halogens is 1. The van der Waals surface area contributed by atoms with Gasteiger partial charge in [0.15, 0.2) is 5.82 Å². The maximum Gasteiger partial charge on any atom is 0.247 e. The molecule has 3 fully saturated rings. The van der Waals surface area contributed by atoms with Crippen molar-refractivity contribution in [2.24, 2.45) is 5.41 Å². The van der Waals surface area contributed by atoms with Gasteiger partial charge in [-0.05, 0) is 47.0 Å². The minimum atomic E-state index is -3.22. The molecule has 1 aromatic heterocycles. The second-order valence-corrected chi connectivity index (χ2v) is 14.6. The molecule has 49 heavy (non-hydrogen) atoms. The smallest absolute Gasteiger partial charge is 0.247 e. The van der Waals surface area contributed by atoms with Crippen molar-refractivity contribution in [1.29, 1.82) is 0 Å². The molecule has 1 amide bonds. The largest absolute Gasteiger partial charge is 0.494 e. The molecule has 0 aliphatic carbocycles. The van der Waals surface area contributed by atoms with E-state index in [-0.39, 0.29) is 23.2 Å². The normalized spacial score (nSPS) is 18.5. The van der Waals surface area contributed by atoms with Gasteiger partial charge in [0, 0.05) is 50.1 Å². The van der Waals surface area contributed by atoms with Gasteiger partial charge in [0.1, 0.15) is 23.7 Å². The third-order valence-electron chi connectivity index (χ3n) is 9.12. The second-order valence-electron chi connectivity index (χ2n) is 12.6. The van der Waals surface area contributed by atoms with Crippen LogP contribution in [0.25, 0.3) is 11.1 Å². The Labute approximate surface area is 284 Å². The van der Waals surface area contributed by atoms with E-state index in [9.17, 15) is 17.6 Å². The van der Waals surface area contributed by atoms with E-state index in [0.717, 1.165) is 28.8 Å². The number of carbonyl (C=O) groups excluding carboxylic acids is 1. The van der Waals surface area contributed by atoms with Gasteiger partial charge in [-0.1, -0.05) is 36.9 Å². The van der Waals surface area contributed by atoms with Crippen molar-refractivity contribution in [2.45, 2.75) is 12.5 Å². The monoisotopic (exact) mass is 685 g/mol. The first-order chi connectivity index (χ1) is 23.5. The molecule has 7 rings (SSSR count). The number of rotatable bonds is 10. The Morgan fingerprint density at radius 3 is 2.51 bits per heavy atom. The van der Waals surface area contributed by atoms with Gasteiger partial charge in [-0.3, -0.25) is 9.63 Å². The Hall–Kier alpha value is -5.05. The number of nitrogens with one attached hydrogen (secondary N) is 2. The Bertz CT molecular complexity index is 2030.